The second-order valence-corrected chi connectivity index (χ2v) is 10.4. The Bertz CT molecular complexity index is 740. The molecular formula is C18H28FN3O3S. The Hall–Kier alpha value is -1.48. The molecule has 146 valence electrons. The van der Waals surface area contributed by atoms with Crippen molar-refractivity contribution in [1.82, 2.24) is 4.72 Å². The summed E-state index contributed by atoms with van der Waals surface area (Å²) in [6, 6.07) is 4.54. The average molecular weight is 386 g/mol. The first-order valence-corrected chi connectivity index (χ1v) is 10.1. The molecule has 2 atom stereocenters. The molecule has 0 radical (unpaired) electrons. The number of benzene rings is 1. The highest BCUT2D eigenvalue weighted by Gasteiger charge is 2.51. The minimum Gasteiger partial charge on any atom is -0.386 e. The quantitative estimate of drug-likeness (QED) is 0.698. The predicted molar refractivity (Wildman–Crippen MR) is 104 cm³/mol. The van der Waals surface area contributed by atoms with E-state index in [1.165, 1.54) is 13.2 Å². The van der Waals surface area contributed by atoms with Gasteiger partial charge in [0.2, 0.25) is 0 Å². The van der Waals surface area contributed by atoms with Gasteiger partial charge in [-0.2, -0.15) is 0 Å². The Balaban J connectivity index is 2.49. The fourth-order valence-electron chi connectivity index (χ4n) is 3.19. The molecule has 0 fully saturated rings. The number of hydrogen-bond donors (Lipinski definition) is 3. The maximum atomic E-state index is 14.6. The summed E-state index contributed by atoms with van der Waals surface area (Å²) in [5.74, 6) is -0.0420. The van der Waals surface area contributed by atoms with Gasteiger partial charge >= 0.3 is 0 Å². The number of rotatable bonds is 6. The number of methoxy groups -OCH3 is 1. The Kier molecular flexibility index (Phi) is 5.82. The van der Waals surface area contributed by atoms with Crippen molar-refractivity contribution in [2.24, 2.45) is 10.7 Å². The van der Waals surface area contributed by atoms with Crippen LogP contribution in [0.25, 0.3) is 0 Å². The van der Waals surface area contributed by atoms with Gasteiger partial charge in [0.1, 0.15) is 18.3 Å². The molecule has 4 N–H and O–H groups in total. The summed E-state index contributed by atoms with van der Waals surface area (Å²) in [5, 5.41) is 0. The van der Waals surface area contributed by atoms with Gasteiger partial charge in [-0.3, -0.25) is 14.5 Å². The maximum Gasteiger partial charge on any atom is 0.162 e. The standard InChI is InChI=1S/C18H28FN3O3S/c1-17(2)16(20)22-18(3,11-26(17,24)21-4)14-9-12(6-7-15(14)19)8-13(23)10-25-5/h6-7,9,21,24H,8,10-11H2,1-5H3,(H2,20,22)/t18-/m0/s1. The summed E-state index contributed by atoms with van der Waals surface area (Å²) >= 11 is 0. The molecule has 1 heterocycles. The van der Waals surface area contributed by atoms with Gasteiger partial charge in [0.05, 0.1) is 10.3 Å². The van der Waals surface area contributed by atoms with Crippen LogP contribution in [-0.4, -0.2) is 47.4 Å². The largest absolute Gasteiger partial charge is 0.386 e. The van der Waals surface area contributed by atoms with E-state index in [1.807, 2.05) is 13.8 Å². The molecule has 8 heteroatoms. The number of carbonyl (C=O) groups excluding carboxylic acids is 1. The van der Waals surface area contributed by atoms with Crippen LogP contribution in [0, 0.1) is 5.82 Å². The number of carbonyl (C=O) groups is 1. The molecule has 1 aromatic rings. The topological polar surface area (TPSA) is 96.9 Å². The normalized spacial score (nSPS) is 30.3. The van der Waals surface area contributed by atoms with Crippen molar-refractivity contribution >= 4 is 22.1 Å². The first kappa shape index (κ1) is 20.8. The number of aliphatic imine (C=N–C) groups is 1. The monoisotopic (exact) mass is 385 g/mol. The lowest BCUT2D eigenvalue weighted by Gasteiger charge is -2.53. The summed E-state index contributed by atoms with van der Waals surface area (Å²) in [6.45, 7) is 5.41. The molecule has 1 aliphatic heterocycles. The lowest BCUT2D eigenvalue weighted by atomic mass is 9.91. The van der Waals surface area contributed by atoms with Gasteiger partial charge in [0, 0.05) is 24.8 Å². The van der Waals surface area contributed by atoms with Crippen molar-refractivity contribution in [3.05, 3.63) is 35.1 Å². The van der Waals surface area contributed by atoms with Crippen molar-refractivity contribution in [1.29, 1.82) is 0 Å². The number of ether oxygens (including phenoxy) is 1. The summed E-state index contributed by atoms with van der Waals surface area (Å²) in [5.41, 5.74) is 6.12. The van der Waals surface area contributed by atoms with Gasteiger partial charge < -0.3 is 15.0 Å². The Morgan fingerprint density at radius 2 is 2.12 bits per heavy atom. The zero-order valence-electron chi connectivity index (χ0n) is 15.9. The Labute approximate surface area is 155 Å². The van der Waals surface area contributed by atoms with Gasteiger partial charge in [-0.25, -0.2) is 4.39 Å². The van der Waals surface area contributed by atoms with Crippen LogP contribution in [0.15, 0.2) is 23.2 Å². The highest BCUT2D eigenvalue weighted by molar-refractivity contribution is 8.29. The molecule has 0 saturated heterocycles. The van der Waals surface area contributed by atoms with Crippen LogP contribution in [0.5, 0.6) is 0 Å². The lowest BCUT2D eigenvalue weighted by Crippen LogP contribution is -2.55. The van der Waals surface area contributed by atoms with E-state index in [9.17, 15) is 13.7 Å². The van der Waals surface area contributed by atoms with Crippen LogP contribution in [-0.2, 0) is 21.5 Å². The zero-order valence-corrected chi connectivity index (χ0v) is 16.7. The van der Waals surface area contributed by atoms with E-state index in [2.05, 4.69) is 9.71 Å². The van der Waals surface area contributed by atoms with E-state index in [0.717, 1.165) is 0 Å². The van der Waals surface area contributed by atoms with E-state index in [0.29, 0.717) is 11.1 Å². The van der Waals surface area contributed by atoms with Crippen molar-refractivity contribution < 1.29 is 18.5 Å². The number of nitrogens with one attached hydrogen (secondary N) is 1. The van der Waals surface area contributed by atoms with Gasteiger partial charge in [0.25, 0.3) is 0 Å². The highest BCUT2D eigenvalue weighted by Crippen LogP contribution is 2.59. The summed E-state index contributed by atoms with van der Waals surface area (Å²) in [6.07, 6.45) is 0.144. The van der Waals surface area contributed by atoms with Crippen LogP contribution >= 0.6 is 10.5 Å². The molecule has 0 amide bonds. The van der Waals surface area contributed by atoms with Crippen molar-refractivity contribution in [2.75, 3.05) is 26.5 Å². The van der Waals surface area contributed by atoms with Gasteiger partial charge in [-0.1, -0.05) is 16.6 Å². The van der Waals surface area contributed by atoms with E-state index >= 15 is 0 Å². The van der Waals surface area contributed by atoms with Gasteiger partial charge in [-0.15, -0.1) is 0 Å². The number of amidine groups is 1. The molecule has 0 aromatic heterocycles. The maximum absolute atomic E-state index is 14.6. The number of halogens is 1. The Morgan fingerprint density at radius 3 is 2.69 bits per heavy atom. The first-order valence-electron chi connectivity index (χ1n) is 8.36. The molecule has 2 rings (SSSR count). The average Bonchev–Trinajstić information content (AvgIpc) is 2.55. The van der Waals surface area contributed by atoms with Crippen LogP contribution in [0.2, 0.25) is 0 Å². The van der Waals surface area contributed by atoms with E-state index in [1.54, 1.807) is 26.1 Å². The molecule has 0 aliphatic carbocycles. The summed E-state index contributed by atoms with van der Waals surface area (Å²) < 4.78 is 32.9. The number of ketones is 1. The predicted octanol–water partition coefficient (Wildman–Crippen LogP) is 2.36. The third kappa shape index (κ3) is 3.64. The molecule has 1 aliphatic rings. The molecule has 26 heavy (non-hydrogen) atoms. The highest BCUT2D eigenvalue weighted by atomic mass is 32.3. The SMILES string of the molecule is CNS1(O)C[C@@](C)(c2cc(CC(=O)COC)ccc2F)N=C(N)C1(C)C. The molecule has 0 spiro atoms. The van der Waals surface area contributed by atoms with Crippen molar-refractivity contribution in [3.8, 4) is 0 Å². The summed E-state index contributed by atoms with van der Waals surface area (Å²) in [7, 11) is 0.747. The molecular weight excluding hydrogens is 357 g/mol. The number of nitrogens with zero attached hydrogens (tertiary/aromatic N) is 1. The fraction of sp³-hybridized carbons (Fsp3) is 0.556. The number of hydrogen-bond acceptors (Lipinski definition) is 6. The van der Waals surface area contributed by atoms with Crippen LogP contribution < -0.4 is 10.5 Å². The fourth-order valence-corrected chi connectivity index (χ4v) is 5.63. The molecule has 0 bridgehead atoms. The minimum absolute atomic E-state index is 0.00687. The van der Waals surface area contributed by atoms with Crippen molar-refractivity contribution in [3.63, 3.8) is 0 Å². The Morgan fingerprint density at radius 1 is 1.46 bits per heavy atom. The third-order valence-corrected chi connectivity index (χ3v) is 8.53. The molecule has 1 unspecified atom stereocenters. The second-order valence-electron chi connectivity index (χ2n) is 7.29. The van der Waals surface area contributed by atoms with E-state index in [-0.39, 0.29) is 30.4 Å². The van der Waals surface area contributed by atoms with Gasteiger partial charge in [-0.05, 0) is 45.5 Å². The molecule has 1 aromatic carbocycles. The van der Waals surface area contributed by atoms with Crippen LogP contribution in [0.3, 0.4) is 0 Å². The smallest absolute Gasteiger partial charge is 0.162 e. The zero-order chi connectivity index (χ0) is 19.8. The van der Waals surface area contributed by atoms with Crippen LogP contribution in [0.4, 0.5) is 4.39 Å². The van der Waals surface area contributed by atoms with Crippen molar-refractivity contribution in [2.45, 2.75) is 37.5 Å². The third-order valence-electron chi connectivity index (χ3n) is 4.97. The number of Topliss-reactive ketones (excluding diaryl/α,β-unsaturated/α-hetero) is 1. The second kappa shape index (κ2) is 7.26. The molecule has 0 saturated carbocycles. The van der Waals surface area contributed by atoms with E-state index < -0.39 is 26.6 Å². The van der Waals surface area contributed by atoms with Crippen LogP contribution in [0.1, 0.15) is 31.9 Å². The van der Waals surface area contributed by atoms with Gasteiger partial charge in [0.15, 0.2) is 5.78 Å². The number of nitrogens with two attached hydrogens (primary N) is 1. The van der Waals surface area contributed by atoms with E-state index in [4.69, 9.17) is 10.5 Å². The molecule has 6 nitrogen and oxygen atoms in total. The lowest BCUT2D eigenvalue weighted by molar-refractivity contribution is -0.121. The first-order chi connectivity index (χ1) is 12.0. The summed E-state index contributed by atoms with van der Waals surface area (Å²) in [4.78, 5) is 16.4. The minimum atomic E-state index is -2.38.